The second kappa shape index (κ2) is 8.57. The topological polar surface area (TPSA) is 78.3 Å². The van der Waals surface area contributed by atoms with Crippen LogP contribution in [-0.2, 0) is 27.4 Å². The molecule has 0 radical (unpaired) electrons. The van der Waals surface area contributed by atoms with Crippen LogP contribution in [0.3, 0.4) is 0 Å². The number of rotatable bonds is 7. The van der Waals surface area contributed by atoms with E-state index in [4.69, 9.17) is 21.1 Å². The first-order valence-electron chi connectivity index (χ1n) is 7.74. The molecule has 1 fully saturated rings. The first kappa shape index (κ1) is 17.3. The second-order valence-electron chi connectivity index (χ2n) is 5.54. The highest BCUT2D eigenvalue weighted by Crippen LogP contribution is 2.14. The molecule has 0 spiro atoms. The molecule has 0 aliphatic carbocycles. The Morgan fingerprint density at radius 2 is 2.50 bits per heavy atom. The Balaban J connectivity index is 1.46. The van der Waals surface area contributed by atoms with Gasteiger partial charge in [0.25, 0.3) is 0 Å². The third-order valence-corrected chi connectivity index (χ3v) is 4.58. The molecule has 1 N–H and O–H groups in total. The van der Waals surface area contributed by atoms with E-state index in [2.05, 4.69) is 15.4 Å². The van der Waals surface area contributed by atoms with E-state index in [0.29, 0.717) is 37.8 Å². The normalized spacial score (nSPS) is 20.9. The molecular weight excluding hydrogens is 352 g/mol. The lowest BCUT2D eigenvalue weighted by Crippen LogP contribution is -2.50. The number of hydrogen-bond acceptors (Lipinski definition) is 6. The Hall–Kier alpha value is -1.48. The molecule has 0 unspecified atom stereocenters. The van der Waals surface area contributed by atoms with Crippen molar-refractivity contribution in [3.63, 3.8) is 0 Å². The highest BCUT2D eigenvalue weighted by Gasteiger charge is 2.28. The Bertz CT molecular complexity index is 649. The van der Waals surface area contributed by atoms with Crippen molar-refractivity contribution in [2.75, 3.05) is 13.2 Å². The van der Waals surface area contributed by atoms with Crippen LogP contribution in [0.5, 0.6) is 0 Å². The van der Waals surface area contributed by atoms with Crippen LogP contribution in [-0.4, -0.2) is 46.0 Å². The lowest BCUT2D eigenvalue weighted by molar-refractivity contribution is -0.127. The lowest BCUT2D eigenvalue weighted by atomic mass is 10.1. The third-order valence-electron chi connectivity index (χ3n) is 3.75. The minimum Gasteiger partial charge on any atom is -0.379 e. The largest absolute Gasteiger partial charge is 0.379 e. The summed E-state index contributed by atoms with van der Waals surface area (Å²) in [6.07, 6.45) is 4.17. The standard InChI is InChI=1S/C15H19ClN4O3S/c16-11-5-18-20(6-11)3-1-15(21)19-13-2-4-22-8-14(13)23-7-12-9-24-10-17-12/h5-6,9-10,13-14H,1-4,7-8H2,(H,19,21)/t13-,14-/m1/s1. The average Bonchev–Trinajstić information content (AvgIpc) is 3.24. The first-order valence-corrected chi connectivity index (χ1v) is 9.06. The maximum Gasteiger partial charge on any atom is 0.222 e. The van der Waals surface area contributed by atoms with Gasteiger partial charge in [0.1, 0.15) is 6.10 Å². The molecule has 7 nitrogen and oxygen atoms in total. The number of aromatic nitrogens is 3. The fraction of sp³-hybridized carbons (Fsp3) is 0.533. The van der Waals surface area contributed by atoms with Gasteiger partial charge in [-0.05, 0) is 6.42 Å². The summed E-state index contributed by atoms with van der Waals surface area (Å²) in [4.78, 5) is 16.4. The maximum absolute atomic E-state index is 12.2. The number of hydrogen-bond donors (Lipinski definition) is 1. The highest BCUT2D eigenvalue weighted by molar-refractivity contribution is 7.07. The number of halogens is 1. The molecule has 1 saturated heterocycles. The predicted molar refractivity (Wildman–Crippen MR) is 89.9 cm³/mol. The van der Waals surface area contributed by atoms with E-state index in [1.54, 1.807) is 22.6 Å². The third kappa shape index (κ3) is 5.01. The molecule has 1 amide bonds. The molecule has 2 atom stereocenters. The summed E-state index contributed by atoms with van der Waals surface area (Å²) in [5.74, 6) is -0.0317. The summed E-state index contributed by atoms with van der Waals surface area (Å²) >= 11 is 7.34. The van der Waals surface area contributed by atoms with E-state index >= 15 is 0 Å². The molecule has 3 heterocycles. The van der Waals surface area contributed by atoms with Gasteiger partial charge in [-0.15, -0.1) is 11.3 Å². The van der Waals surface area contributed by atoms with Crippen molar-refractivity contribution in [1.82, 2.24) is 20.1 Å². The van der Waals surface area contributed by atoms with Crippen molar-refractivity contribution in [2.45, 2.75) is 38.1 Å². The van der Waals surface area contributed by atoms with Crippen LogP contribution in [0.1, 0.15) is 18.5 Å². The molecule has 1 aliphatic rings. The number of carbonyl (C=O) groups excluding carboxylic acids is 1. The minimum atomic E-state index is -0.163. The van der Waals surface area contributed by atoms with Crippen molar-refractivity contribution in [3.8, 4) is 0 Å². The average molecular weight is 371 g/mol. The zero-order valence-corrected chi connectivity index (χ0v) is 14.6. The summed E-state index contributed by atoms with van der Waals surface area (Å²) < 4.78 is 13.0. The lowest BCUT2D eigenvalue weighted by Gasteiger charge is -2.32. The molecule has 0 saturated carbocycles. The Labute approximate surface area is 148 Å². The Kier molecular flexibility index (Phi) is 6.19. The SMILES string of the molecule is O=C(CCn1cc(Cl)cn1)N[C@@H]1CCOC[C@H]1OCc1cscn1. The molecule has 2 aromatic rings. The second-order valence-corrected chi connectivity index (χ2v) is 6.69. The molecule has 130 valence electrons. The molecule has 0 bridgehead atoms. The van der Waals surface area contributed by atoms with Gasteiger partial charge in [-0.3, -0.25) is 9.48 Å². The van der Waals surface area contributed by atoms with Gasteiger partial charge in [-0.2, -0.15) is 5.10 Å². The predicted octanol–water partition coefficient (Wildman–Crippen LogP) is 1.87. The number of thiazole rings is 1. The van der Waals surface area contributed by atoms with Gasteiger partial charge in [-0.25, -0.2) is 4.98 Å². The van der Waals surface area contributed by atoms with Gasteiger partial charge in [0.05, 0.1) is 41.7 Å². The monoisotopic (exact) mass is 370 g/mol. The van der Waals surface area contributed by atoms with Gasteiger partial charge in [-0.1, -0.05) is 11.6 Å². The fourth-order valence-corrected chi connectivity index (χ4v) is 3.20. The Morgan fingerprint density at radius 3 is 3.25 bits per heavy atom. The minimum absolute atomic E-state index is 0.0317. The number of nitrogens with zero attached hydrogens (tertiary/aromatic N) is 3. The van der Waals surface area contributed by atoms with Crippen molar-refractivity contribution in [1.29, 1.82) is 0 Å². The van der Waals surface area contributed by atoms with Crippen LogP contribution < -0.4 is 5.32 Å². The zero-order valence-electron chi connectivity index (χ0n) is 13.1. The number of carbonyl (C=O) groups is 1. The molecule has 9 heteroatoms. The summed E-state index contributed by atoms with van der Waals surface area (Å²) in [5, 5.41) is 9.62. The van der Waals surface area contributed by atoms with Gasteiger partial charge >= 0.3 is 0 Å². The molecule has 3 rings (SSSR count). The van der Waals surface area contributed by atoms with Crippen molar-refractivity contribution in [2.24, 2.45) is 0 Å². The summed E-state index contributed by atoms with van der Waals surface area (Å²) in [5.41, 5.74) is 2.67. The van der Waals surface area contributed by atoms with Crippen LogP contribution in [0.4, 0.5) is 0 Å². The van der Waals surface area contributed by atoms with Crippen molar-refractivity contribution >= 4 is 28.8 Å². The van der Waals surface area contributed by atoms with E-state index in [9.17, 15) is 4.79 Å². The number of nitrogens with one attached hydrogen (secondary N) is 1. The summed E-state index contributed by atoms with van der Waals surface area (Å²) in [6, 6.07) is -0.0499. The van der Waals surface area contributed by atoms with Gasteiger partial charge < -0.3 is 14.8 Å². The van der Waals surface area contributed by atoms with Crippen LogP contribution in [0.15, 0.2) is 23.3 Å². The van der Waals surface area contributed by atoms with E-state index < -0.39 is 0 Å². The fourth-order valence-electron chi connectivity index (χ4n) is 2.50. The van der Waals surface area contributed by atoms with E-state index in [1.165, 1.54) is 11.3 Å². The molecule has 2 aromatic heterocycles. The summed E-state index contributed by atoms with van der Waals surface area (Å²) in [7, 11) is 0. The highest BCUT2D eigenvalue weighted by atomic mass is 35.5. The van der Waals surface area contributed by atoms with Crippen molar-refractivity contribution < 1.29 is 14.3 Å². The van der Waals surface area contributed by atoms with Crippen LogP contribution in [0.2, 0.25) is 5.02 Å². The van der Waals surface area contributed by atoms with E-state index in [1.807, 2.05) is 5.38 Å². The molecule has 0 aromatic carbocycles. The van der Waals surface area contributed by atoms with Crippen LogP contribution in [0, 0.1) is 0 Å². The van der Waals surface area contributed by atoms with Crippen LogP contribution in [0.25, 0.3) is 0 Å². The molecule has 1 aliphatic heterocycles. The van der Waals surface area contributed by atoms with Crippen LogP contribution >= 0.6 is 22.9 Å². The van der Waals surface area contributed by atoms with Gasteiger partial charge in [0, 0.05) is 31.1 Å². The Morgan fingerprint density at radius 1 is 1.58 bits per heavy atom. The maximum atomic E-state index is 12.2. The number of amides is 1. The molecular formula is C15H19ClN4O3S. The smallest absolute Gasteiger partial charge is 0.222 e. The van der Waals surface area contributed by atoms with Gasteiger partial charge in [0.2, 0.25) is 5.91 Å². The number of ether oxygens (including phenoxy) is 2. The van der Waals surface area contributed by atoms with E-state index in [-0.39, 0.29) is 18.1 Å². The first-order chi connectivity index (χ1) is 11.7. The number of aryl methyl sites for hydroxylation is 1. The van der Waals surface area contributed by atoms with E-state index in [0.717, 1.165) is 12.1 Å². The van der Waals surface area contributed by atoms with Gasteiger partial charge in [0.15, 0.2) is 0 Å². The summed E-state index contributed by atoms with van der Waals surface area (Å²) in [6.45, 7) is 2.02. The quantitative estimate of drug-likeness (QED) is 0.805. The van der Waals surface area contributed by atoms with Crippen molar-refractivity contribution in [3.05, 3.63) is 34.0 Å². The zero-order chi connectivity index (χ0) is 16.8. The molecule has 24 heavy (non-hydrogen) atoms.